The Kier molecular flexibility index (Phi) is 4.49. The Morgan fingerprint density at radius 3 is 2.81 bits per heavy atom. The highest BCUT2D eigenvalue weighted by atomic mass is 16.2. The van der Waals surface area contributed by atoms with Crippen molar-refractivity contribution >= 4 is 11.8 Å². The van der Waals surface area contributed by atoms with E-state index in [0.29, 0.717) is 32.0 Å². The molecule has 1 aliphatic carbocycles. The van der Waals surface area contributed by atoms with E-state index in [1.165, 1.54) is 0 Å². The molecule has 2 aliphatic rings. The molecule has 1 atom stereocenters. The maximum Gasteiger partial charge on any atom is 0.225 e. The third kappa shape index (κ3) is 3.36. The van der Waals surface area contributed by atoms with E-state index in [9.17, 15) is 9.59 Å². The molecule has 6 nitrogen and oxygen atoms in total. The van der Waals surface area contributed by atoms with E-state index in [-0.39, 0.29) is 17.7 Å². The van der Waals surface area contributed by atoms with E-state index >= 15 is 0 Å². The second kappa shape index (κ2) is 6.94. The summed E-state index contributed by atoms with van der Waals surface area (Å²) in [5.41, 5.74) is 2.08. The lowest BCUT2D eigenvalue weighted by molar-refractivity contribution is -0.138. The number of piperidine rings is 1. The lowest BCUT2D eigenvalue weighted by Crippen LogP contribution is -2.46. The maximum absolute atomic E-state index is 12.7. The average molecular weight is 352 g/mol. The number of hydrogen-bond donors (Lipinski definition) is 1. The number of hydrogen-bond acceptors (Lipinski definition) is 3. The van der Waals surface area contributed by atoms with Crippen LogP contribution in [0.15, 0.2) is 36.7 Å². The van der Waals surface area contributed by atoms with Crippen molar-refractivity contribution in [1.82, 2.24) is 19.8 Å². The number of para-hydroxylation sites is 1. The molecule has 1 N–H and O–H groups in total. The van der Waals surface area contributed by atoms with Crippen LogP contribution in [-0.2, 0) is 16.1 Å². The molecule has 1 aromatic carbocycles. The monoisotopic (exact) mass is 352 g/mol. The number of likely N-dealkylation sites (tertiary alicyclic amines) is 1. The molecule has 1 unspecified atom stereocenters. The summed E-state index contributed by atoms with van der Waals surface area (Å²) in [4.78, 5) is 30.9. The van der Waals surface area contributed by atoms with Crippen LogP contribution in [0.2, 0.25) is 0 Å². The fourth-order valence-corrected chi connectivity index (χ4v) is 3.68. The second-order valence-electron chi connectivity index (χ2n) is 7.20. The van der Waals surface area contributed by atoms with Crippen molar-refractivity contribution in [3.8, 4) is 5.69 Å². The number of rotatable bonds is 5. The summed E-state index contributed by atoms with van der Waals surface area (Å²) in [7, 11) is 0. The third-order valence-electron chi connectivity index (χ3n) is 5.33. The van der Waals surface area contributed by atoms with Gasteiger partial charge in [0.25, 0.3) is 0 Å². The fourth-order valence-electron chi connectivity index (χ4n) is 3.68. The number of aromatic nitrogens is 2. The van der Waals surface area contributed by atoms with Crippen LogP contribution in [0.3, 0.4) is 0 Å². The molecule has 26 heavy (non-hydrogen) atoms. The van der Waals surface area contributed by atoms with Crippen molar-refractivity contribution in [2.24, 2.45) is 5.92 Å². The molecular formula is C20H24N4O2. The summed E-state index contributed by atoms with van der Waals surface area (Å²) >= 11 is 0. The quantitative estimate of drug-likeness (QED) is 0.897. The first-order valence-corrected chi connectivity index (χ1v) is 9.29. The van der Waals surface area contributed by atoms with Crippen molar-refractivity contribution in [2.75, 3.05) is 6.54 Å². The molecule has 1 saturated carbocycles. The molecule has 2 heterocycles. The average Bonchev–Trinajstić information content (AvgIpc) is 3.41. The first kappa shape index (κ1) is 16.8. The highest BCUT2D eigenvalue weighted by molar-refractivity contribution is 5.84. The Balaban J connectivity index is 1.42. The molecule has 0 bridgehead atoms. The Hall–Kier alpha value is -2.63. The fraction of sp³-hybridized carbons (Fsp3) is 0.450. The van der Waals surface area contributed by atoms with Gasteiger partial charge in [0, 0.05) is 37.9 Å². The Morgan fingerprint density at radius 1 is 1.27 bits per heavy atom. The van der Waals surface area contributed by atoms with Gasteiger partial charge in [-0.2, -0.15) is 0 Å². The van der Waals surface area contributed by atoms with Gasteiger partial charge < -0.3 is 14.8 Å². The SMILES string of the molecule is Cc1nccn1-c1ccccc1CNC(=O)C1CCC(=O)N(C2CC2)C1. The van der Waals surface area contributed by atoms with E-state index in [1.54, 1.807) is 6.20 Å². The van der Waals surface area contributed by atoms with Crippen LogP contribution < -0.4 is 5.32 Å². The topological polar surface area (TPSA) is 67.2 Å². The summed E-state index contributed by atoms with van der Waals surface area (Å²) in [5, 5.41) is 3.07. The van der Waals surface area contributed by atoms with Gasteiger partial charge in [-0.05, 0) is 37.8 Å². The van der Waals surface area contributed by atoms with Gasteiger partial charge in [-0.15, -0.1) is 0 Å². The van der Waals surface area contributed by atoms with Gasteiger partial charge in [-0.1, -0.05) is 18.2 Å². The van der Waals surface area contributed by atoms with Gasteiger partial charge in [0.2, 0.25) is 11.8 Å². The predicted molar refractivity (Wildman–Crippen MR) is 97.6 cm³/mol. The van der Waals surface area contributed by atoms with Crippen molar-refractivity contribution in [1.29, 1.82) is 0 Å². The summed E-state index contributed by atoms with van der Waals surface area (Å²) < 4.78 is 2.02. The van der Waals surface area contributed by atoms with Gasteiger partial charge >= 0.3 is 0 Å². The summed E-state index contributed by atoms with van der Waals surface area (Å²) in [6, 6.07) is 8.40. The van der Waals surface area contributed by atoms with Crippen molar-refractivity contribution < 1.29 is 9.59 Å². The van der Waals surface area contributed by atoms with Gasteiger partial charge in [0.1, 0.15) is 5.82 Å². The van der Waals surface area contributed by atoms with Crippen LogP contribution >= 0.6 is 0 Å². The van der Waals surface area contributed by atoms with E-state index < -0.39 is 0 Å². The molecule has 6 heteroatoms. The number of carbonyl (C=O) groups excluding carboxylic acids is 2. The molecule has 2 fully saturated rings. The maximum atomic E-state index is 12.7. The normalized spacial score (nSPS) is 20.3. The molecule has 136 valence electrons. The minimum Gasteiger partial charge on any atom is -0.352 e. The minimum atomic E-state index is -0.101. The van der Waals surface area contributed by atoms with Crippen LogP contribution in [0.4, 0.5) is 0 Å². The van der Waals surface area contributed by atoms with Crippen LogP contribution in [0.25, 0.3) is 5.69 Å². The third-order valence-corrected chi connectivity index (χ3v) is 5.33. The number of carbonyl (C=O) groups is 2. The highest BCUT2D eigenvalue weighted by Crippen LogP contribution is 2.31. The molecule has 1 saturated heterocycles. The molecule has 1 aliphatic heterocycles. The Labute approximate surface area is 153 Å². The number of amides is 2. The number of aryl methyl sites for hydroxylation is 1. The Morgan fingerprint density at radius 2 is 2.08 bits per heavy atom. The van der Waals surface area contributed by atoms with Crippen molar-refractivity contribution in [3.05, 3.63) is 48.0 Å². The van der Waals surface area contributed by atoms with Crippen LogP contribution in [0, 0.1) is 12.8 Å². The first-order chi connectivity index (χ1) is 12.6. The molecule has 0 radical (unpaired) electrons. The van der Waals surface area contributed by atoms with Crippen molar-refractivity contribution in [2.45, 2.75) is 45.2 Å². The number of nitrogens with one attached hydrogen (secondary N) is 1. The zero-order valence-electron chi connectivity index (χ0n) is 15.0. The van der Waals surface area contributed by atoms with Crippen LogP contribution in [-0.4, -0.2) is 38.9 Å². The van der Waals surface area contributed by atoms with Crippen LogP contribution in [0.1, 0.15) is 37.1 Å². The van der Waals surface area contributed by atoms with E-state index in [0.717, 1.165) is 29.9 Å². The molecule has 2 amide bonds. The Bertz CT molecular complexity index is 825. The smallest absolute Gasteiger partial charge is 0.225 e. The van der Waals surface area contributed by atoms with Gasteiger partial charge in [-0.25, -0.2) is 4.98 Å². The molecule has 0 spiro atoms. The summed E-state index contributed by atoms with van der Waals surface area (Å²) in [5.74, 6) is 1.06. The number of benzene rings is 1. The van der Waals surface area contributed by atoms with Gasteiger partial charge in [-0.3, -0.25) is 9.59 Å². The summed E-state index contributed by atoms with van der Waals surface area (Å²) in [6.45, 7) is 3.00. The van der Waals surface area contributed by atoms with Gasteiger partial charge in [0.15, 0.2) is 0 Å². The number of imidazole rings is 1. The molecular weight excluding hydrogens is 328 g/mol. The number of nitrogens with zero attached hydrogens (tertiary/aromatic N) is 3. The van der Waals surface area contributed by atoms with E-state index in [2.05, 4.69) is 10.3 Å². The first-order valence-electron chi connectivity index (χ1n) is 9.29. The standard InChI is InChI=1S/C20H24N4O2/c1-14-21-10-11-23(14)18-5-3-2-4-15(18)12-22-20(26)16-6-9-19(25)24(13-16)17-7-8-17/h2-5,10-11,16-17H,6-9,12-13H2,1H3,(H,22,26). The zero-order valence-corrected chi connectivity index (χ0v) is 15.0. The lowest BCUT2D eigenvalue weighted by Gasteiger charge is -2.32. The minimum absolute atomic E-state index is 0.0420. The van der Waals surface area contributed by atoms with Crippen LogP contribution in [0.5, 0.6) is 0 Å². The predicted octanol–water partition coefficient (Wildman–Crippen LogP) is 2.20. The van der Waals surface area contributed by atoms with Gasteiger partial charge in [0.05, 0.1) is 11.6 Å². The van der Waals surface area contributed by atoms with E-state index in [1.807, 2.05) is 46.9 Å². The molecule has 1 aromatic heterocycles. The van der Waals surface area contributed by atoms with E-state index in [4.69, 9.17) is 0 Å². The molecule has 2 aromatic rings. The summed E-state index contributed by atoms with van der Waals surface area (Å²) in [6.07, 6.45) is 7.00. The largest absolute Gasteiger partial charge is 0.352 e. The second-order valence-corrected chi connectivity index (χ2v) is 7.20. The zero-order chi connectivity index (χ0) is 18.1. The highest BCUT2D eigenvalue weighted by Gasteiger charge is 2.38. The lowest BCUT2D eigenvalue weighted by atomic mass is 9.96. The molecule has 4 rings (SSSR count). The van der Waals surface area contributed by atoms with Crippen molar-refractivity contribution in [3.63, 3.8) is 0 Å².